The van der Waals surface area contributed by atoms with Crippen molar-refractivity contribution in [2.45, 2.75) is 51.0 Å². The Balaban J connectivity index is 1.86. The molecule has 0 spiro atoms. The lowest BCUT2D eigenvalue weighted by Crippen LogP contribution is -2.41. The average molecular weight is 257 g/mol. The number of epoxide rings is 1. The van der Waals surface area contributed by atoms with Gasteiger partial charge < -0.3 is 19.5 Å². The number of methoxy groups -OCH3 is 1. The molecule has 0 unspecified atom stereocenters. The number of esters is 1. The summed E-state index contributed by atoms with van der Waals surface area (Å²) in [6.07, 6.45) is -0.132. The van der Waals surface area contributed by atoms with Gasteiger partial charge in [0.15, 0.2) is 0 Å². The van der Waals surface area contributed by atoms with Gasteiger partial charge in [0.2, 0.25) is 0 Å². The molecule has 2 rings (SSSR count). The maximum Gasteiger partial charge on any atom is 0.407 e. The van der Waals surface area contributed by atoms with E-state index in [1.165, 1.54) is 7.11 Å². The molecule has 1 saturated heterocycles. The lowest BCUT2D eigenvalue weighted by Gasteiger charge is -2.22. The smallest absolute Gasteiger partial charge is 0.407 e. The minimum Gasteiger partial charge on any atom is -0.469 e. The van der Waals surface area contributed by atoms with Crippen molar-refractivity contribution in [1.82, 2.24) is 5.32 Å². The Bertz CT molecular complexity index is 362. The summed E-state index contributed by atoms with van der Waals surface area (Å²) in [5.41, 5.74) is -0.533. The van der Waals surface area contributed by atoms with Crippen LogP contribution in [0, 0.1) is 5.92 Å². The number of alkyl carbamates (subject to hydrolysis) is 1. The third kappa shape index (κ3) is 2.75. The molecular weight excluding hydrogens is 238 g/mol. The lowest BCUT2D eigenvalue weighted by molar-refractivity contribution is -0.146. The Morgan fingerprint density at radius 3 is 2.50 bits per heavy atom. The first-order chi connectivity index (χ1) is 8.31. The molecule has 1 heterocycles. The first-order valence-electron chi connectivity index (χ1n) is 6.04. The van der Waals surface area contributed by atoms with Gasteiger partial charge in [0.25, 0.3) is 0 Å². The van der Waals surface area contributed by atoms with Crippen LogP contribution in [-0.4, -0.2) is 43.0 Å². The molecule has 1 amide bonds. The molecule has 1 aliphatic carbocycles. The summed E-state index contributed by atoms with van der Waals surface area (Å²) >= 11 is 0. The summed E-state index contributed by atoms with van der Waals surface area (Å²) in [5, 5.41) is 2.74. The Morgan fingerprint density at radius 2 is 1.94 bits per heavy atom. The van der Waals surface area contributed by atoms with Crippen molar-refractivity contribution in [3.05, 3.63) is 0 Å². The molecular formula is C12H19NO5. The van der Waals surface area contributed by atoms with Gasteiger partial charge in [-0.15, -0.1) is 0 Å². The summed E-state index contributed by atoms with van der Waals surface area (Å²) < 4.78 is 15.2. The van der Waals surface area contributed by atoms with Crippen molar-refractivity contribution in [1.29, 1.82) is 0 Å². The van der Waals surface area contributed by atoms with Gasteiger partial charge in [-0.1, -0.05) is 0 Å². The molecule has 6 nitrogen and oxygen atoms in total. The highest BCUT2D eigenvalue weighted by molar-refractivity contribution is 5.75. The fraction of sp³-hybridized carbons (Fsp3) is 0.833. The van der Waals surface area contributed by atoms with Crippen LogP contribution < -0.4 is 5.32 Å². The van der Waals surface area contributed by atoms with Gasteiger partial charge in [0.05, 0.1) is 25.2 Å². The fourth-order valence-electron chi connectivity index (χ4n) is 2.31. The lowest BCUT2D eigenvalue weighted by atomic mass is 10.1. The first-order valence-corrected chi connectivity index (χ1v) is 6.04. The molecule has 2 fully saturated rings. The van der Waals surface area contributed by atoms with Gasteiger partial charge in [-0.3, -0.25) is 4.79 Å². The van der Waals surface area contributed by atoms with E-state index < -0.39 is 11.7 Å². The zero-order valence-electron chi connectivity index (χ0n) is 11.1. The van der Waals surface area contributed by atoms with E-state index >= 15 is 0 Å². The number of amides is 1. The second-order valence-corrected chi connectivity index (χ2v) is 5.68. The first kappa shape index (κ1) is 13.1. The standard InChI is InChI=1S/C12H19NO5/c1-12(2,3)18-11(15)13-7-5-6(10(14)16-4)8-9(7)17-8/h6-9H,5H2,1-4H3,(H,13,15)/t6-,7+,8+,9-/m0/s1. The highest BCUT2D eigenvalue weighted by Gasteiger charge is 2.60. The molecule has 1 aliphatic heterocycles. The number of carbonyl (C=O) groups excluding carboxylic acids is 2. The number of ether oxygens (including phenoxy) is 3. The van der Waals surface area contributed by atoms with Crippen LogP contribution in [0.5, 0.6) is 0 Å². The fourth-order valence-corrected chi connectivity index (χ4v) is 2.31. The van der Waals surface area contributed by atoms with Crippen molar-refractivity contribution < 1.29 is 23.8 Å². The Hall–Kier alpha value is -1.30. The topological polar surface area (TPSA) is 77.2 Å². The predicted molar refractivity (Wildman–Crippen MR) is 61.9 cm³/mol. The van der Waals surface area contributed by atoms with E-state index in [-0.39, 0.29) is 30.1 Å². The second-order valence-electron chi connectivity index (χ2n) is 5.68. The molecule has 1 saturated carbocycles. The molecule has 18 heavy (non-hydrogen) atoms. The highest BCUT2D eigenvalue weighted by Crippen LogP contribution is 2.43. The molecule has 6 heteroatoms. The van der Waals surface area contributed by atoms with Crippen LogP contribution in [0.15, 0.2) is 0 Å². The normalized spacial score (nSPS) is 33.6. The second kappa shape index (κ2) is 4.42. The van der Waals surface area contributed by atoms with Gasteiger partial charge in [-0.25, -0.2) is 4.79 Å². The van der Waals surface area contributed by atoms with Crippen LogP contribution in [-0.2, 0) is 19.0 Å². The molecule has 0 radical (unpaired) electrons. The number of carbonyl (C=O) groups is 2. The van der Waals surface area contributed by atoms with Crippen molar-refractivity contribution in [3.63, 3.8) is 0 Å². The summed E-state index contributed by atoms with van der Waals surface area (Å²) in [6.45, 7) is 5.40. The number of fused-ring (bicyclic) bond motifs is 1. The monoisotopic (exact) mass is 257 g/mol. The highest BCUT2D eigenvalue weighted by atomic mass is 16.6. The minimum atomic E-state index is -0.533. The molecule has 0 bridgehead atoms. The number of rotatable bonds is 2. The predicted octanol–water partition coefficient (Wildman–Crippen LogP) is 0.840. The SMILES string of the molecule is COC(=O)[C@H]1C[C@@H](NC(=O)OC(C)(C)C)[C@@H]2O[C@@H]21. The van der Waals surface area contributed by atoms with Gasteiger partial charge in [-0.2, -0.15) is 0 Å². The molecule has 2 aliphatic rings. The molecule has 1 N–H and O–H groups in total. The molecule has 4 atom stereocenters. The average Bonchev–Trinajstić information content (AvgIpc) is 2.94. The quantitative estimate of drug-likeness (QED) is 0.586. The van der Waals surface area contributed by atoms with Crippen molar-refractivity contribution in [2.75, 3.05) is 7.11 Å². The molecule has 0 aromatic carbocycles. The van der Waals surface area contributed by atoms with Crippen molar-refractivity contribution in [2.24, 2.45) is 5.92 Å². The largest absolute Gasteiger partial charge is 0.469 e. The van der Waals surface area contributed by atoms with E-state index in [4.69, 9.17) is 14.2 Å². The Morgan fingerprint density at radius 1 is 1.28 bits per heavy atom. The Kier molecular flexibility index (Phi) is 3.23. The van der Waals surface area contributed by atoms with E-state index in [0.717, 1.165) is 0 Å². The van der Waals surface area contributed by atoms with Crippen LogP contribution in [0.25, 0.3) is 0 Å². The van der Waals surface area contributed by atoms with Gasteiger partial charge in [-0.05, 0) is 27.2 Å². The zero-order valence-corrected chi connectivity index (χ0v) is 11.1. The number of nitrogens with one attached hydrogen (secondary N) is 1. The summed E-state index contributed by atoms with van der Waals surface area (Å²) in [4.78, 5) is 23.1. The van der Waals surface area contributed by atoms with Crippen LogP contribution in [0.4, 0.5) is 4.79 Å². The van der Waals surface area contributed by atoms with Gasteiger partial charge in [0, 0.05) is 0 Å². The maximum atomic E-state index is 11.6. The van der Waals surface area contributed by atoms with E-state index in [1.807, 2.05) is 0 Å². The number of hydrogen-bond donors (Lipinski definition) is 1. The third-order valence-corrected chi connectivity index (χ3v) is 3.07. The minimum absolute atomic E-state index is 0.0818. The van der Waals surface area contributed by atoms with Gasteiger partial charge >= 0.3 is 12.1 Å². The van der Waals surface area contributed by atoms with Crippen LogP contribution in [0.2, 0.25) is 0 Å². The summed E-state index contributed by atoms with van der Waals surface area (Å²) in [7, 11) is 1.36. The van der Waals surface area contributed by atoms with E-state index in [1.54, 1.807) is 20.8 Å². The van der Waals surface area contributed by atoms with Gasteiger partial charge in [0.1, 0.15) is 11.7 Å². The van der Waals surface area contributed by atoms with Crippen molar-refractivity contribution in [3.8, 4) is 0 Å². The third-order valence-electron chi connectivity index (χ3n) is 3.07. The van der Waals surface area contributed by atoms with E-state index in [9.17, 15) is 9.59 Å². The van der Waals surface area contributed by atoms with E-state index in [0.29, 0.717) is 6.42 Å². The summed E-state index contributed by atoms with van der Waals surface area (Å²) in [6, 6.07) is -0.172. The zero-order chi connectivity index (χ0) is 13.5. The van der Waals surface area contributed by atoms with E-state index in [2.05, 4.69) is 5.32 Å². The van der Waals surface area contributed by atoms with Crippen LogP contribution >= 0.6 is 0 Å². The molecule has 0 aromatic rings. The van der Waals surface area contributed by atoms with Crippen LogP contribution in [0.3, 0.4) is 0 Å². The Labute approximate surface area is 106 Å². The van der Waals surface area contributed by atoms with Crippen molar-refractivity contribution >= 4 is 12.1 Å². The number of hydrogen-bond acceptors (Lipinski definition) is 5. The maximum absolute atomic E-state index is 11.6. The molecule has 0 aromatic heterocycles. The van der Waals surface area contributed by atoms with Crippen LogP contribution in [0.1, 0.15) is 27.2 Å². The molecule has 102 valence electrons. The summed E-state index contributed by atoms with van der Waals surface area (Å²) in [5.74, 6) is -0.559.